The smallest absolute Gasteiger partial charge is 0.256 e. The number of benzene rings is 2. The zero-order valence-corrected chi connectivity index (χ0v) is 19.6. The summed E-state index contributed by atoms with van der Waals surface area (Å²) in [6.45, 7) is 5.15. The molecule has 34 heavy (non-hydrogen) atoms. The van der Waals surface area contributed by atoms with E-state index in [-0.39, 0.29) is 24.0 Å². The highest BCUT2D eigenvalue weighted by molar-refractivity contribution is 5.99. The van der Waals surface area contributed by atoms with Crippen molar-refractivity contribution in [2.75, 3.05) is 26.2 Å². The molecule has 0 aromatic heterocycles. The molecule has 7 nitrogen and oxygen atoms in total. The molecule has 2 saturated heterocycles. The summed E-state index contributed by atoms with van der Waals surface area (Å²) in [6.07, 6.45) is 1.49. The van der Waals surface area contributed by atoms with Crippen molar-refractivity contribution >= 4 is 17.7 Å². The van der Waals surface area contributed by atoms with E-state index >= 15 is 0 Å². The molecule has 2 aliphatic heterocycles. The van der Waals surface area contributed by atoms with Crippen LogP contribution in [0.5, 0.6) is 0 Å². The van der Waals surface area contributed by atoms with Gasteiger partial charge >= 0.3 is 0 Å². The molecular formula is C26H30FN3O4. The number of nitrogens with one attached hydrogen (secondary N) is 1. The maximum Gasteiger partial charge on any atom is 0.256 e. The fraction of sp³-hybridized carbons (Fsp3) is 0.423. The highest BCUT2D eigenvalue weighted by atomic mass is 19.1. The number of hydrogen-bond donors (Lipinski definition) is 1. The molecule has 2 aliphatic rings. The van der Waals surface area contributed by atoms with E-state index < -0.39 is 23.5 Å². The molecule has 1 N–H and O–H groups in total. The Balaban J connectivity index is 1.58. The van der Waals surface area contributed by atoms with Crippen molar-refractivity contribution in [2.24, 2.45) is 0 Å². The SMILES string of the molecule is CCCNC(=O)C1COC2(CCN(C(=O)c3ccccc3C)CC2)N1C(=O)c1cccc(F)c1. The van der Waals surface area contributed by atoms with Gasteiger partial charge in [0.15, 0.2) is 0 Å². The van der Waals surface area contributed by atoms with Crippen molar-refractivity contribution in [3.63, 3.8) is 0 Å². The van der Waals surface area contributed by atoms with Gasteiger partial charge < -0.3 is 15.0 Å². The van der Waals surface area contributed by atoms with Crippen molar-refractivity contribution in [3.8, 4) is 0 Å². The Morgan fingerprint density at radius 3 is 2.50 bits per heavy atom. The molecule has 1 unspecified atom stereocenters. The Kier molecular flexibility index (Phi) is 6.97. The average molecular weight is 468 g/mol. The molecule has 0 aliphatic carbocycles. The second-order valence-electron chi connectivity index (χ2n) is 8.86. The first-order chi connectivity index (χ1) is 16.4. The van der Waals surface area contributed by atoms with E-state index in [9.17, 15) is 18.8 Å². The van der Waals surface area contributed by atoms with E-state index in [1.54, 1.807) is 4.90 Å². The predicted octanol–water partition coefficient (Wildman–Crippen LogP) is 3.13. The van der Waals surface area contributed by atoms with Crippen LogP contribution in [0.1, 0.15) is 52.5 Å². The second kappa shape index (κ2) is 9.93. The van der Waals surface area contributed by atoms with Crippen molar-refractivity contribution in [3.05, 3.63) is 71.0 Å². The summed E-state index contributed by atoms with van der Waals surface area (Å²) in [5.41, 5.74) is 0.688. The summed E-state index contributed by atoms with van der Waals surface area (Å²) in [4.78, 5) is 42.8. The maximum atomic E-state index is 13.9. The molecule has 1 atom stereocenters. The van der Waals surface area contributed by atoms with Gasteiger partial charge in [0, 0.05) is 43.6 Å². The van der Waals surface area contributed by atoms with Gasteiger partial charge in [-0.1, -0.05) is 31.2 Å². The van der Waals surface area contributed by atoms with E-state index in [2.05, 4.69) is 5.32 Å². The van der Waals surface area contributed by atoms with Gasteiger partial charge in [-0.3, -0.25) is 19.3 Å². The van der Waals surface area contributed by atoms with Crippen molar-refractivity contribution in [2.45, 2.75) is 44.9 Å². The number of halogens is 1. The molecule has 0 radical (unpaired) electrons. The van der Waals surface area contributed by atoms with Gasteiger partial charge in [0.25, 0.3) is 11.8 Å². The molecule has 180 valence electrons. The highest BCUT2D eigenvalue weighted by Gasteiger charge is 2.54. The molecule has 2 aromatic carbocycles. The van der Waals surface area contributed by atoms with Crippen LogP contribution < -0.4 is 5.32 Å². The Hall–Kier alpha value is -3.26. The number of rotatable bonds is 5. The quantitative estimate of drug-likeness (QED) is 0.733. The first-order valence-corrected chi connectivity index (χ1v) is 11.7. The van der Waals surface area contributed by atoms with Crippen LogP contribution in [-0.4, -0.2) is 65.5 Å². The Labute approximate surface area is 198 Å². The fourth-order valence-electron chi connectivity index (χ4n) is 4.74. The van der Waals surface area contributed by atoms with E-state index in [1.807, 2.05) is 38.1 Å². The Bertz CT molecular complexity index is 1080. The molecule has 1 spiro atoms. The third kappa shape index (κ3) is 4.55. The lowest BCUT2D eigenvalue weighted by Gasteiger charge is -2.44. The molecular weight excluding hydrogens is 437 g/mol. The number of carbonyl (C=O) groups is 3. The van der Waals surface area contributed by atoms with Crippen molar-refractivity contribution in [1.29, 1.82) is 0 Å². The van der Waals surface area contributed by atoms with Gasteiger partial charge in [-0.25, -0.2) is 4.39 Å². The minimum absolute atomic E-state index is 0.0579. The Morgan fingerprint density at radius 1 is 1.09 bits per heavy atom. The van der Waals surface area contributed by atoms with Crippen LogP contribution in [0, 0.1) is 12.7 Å². The van der Waals surface area contributed by atoms with Gasteiger partial charge in [0.1, 0.15) is 17.6 Å². The van der Waals surface area contributed by atoms with Gasteiger partial charge in [0.2, 0.25) is 5.91 Å². The second-order valence-corrected chi connectivity index (χ2v) is 8.86. The largest absolute Gasteiger partial charge is 0.354 e. The minimum atomic E-state index is -1.03. The van der Waals surface area contributed by atoms with Crippen LogP contribution in [0.3, 0.4) is 0 Å². The van der Waals surface area contributed by atoms with Crippen LogP contribution >= 0.6 is 0 Å². The lowest BCUT2D eigenvalue weighted by Crippen LogP contribution is -2.59. The average Bonchev–Trinajstić information content (AvgIpc) is 3.21. The molecule has 2 heterocycles. The topological polar surface area (TPSA) is 79.0 Å². The van der Waals surface area contributed by atoms with Crippen molar-refractivity contribution < 1.29 is 23.5 Å². The van der Waals surface area contributed by atoms with Gasteiger partial charge in [-0.2, -0.15) is 0 Å². The minimum Gasteiger partial charge on any atom is -0.354 e. The molecule has 2 aromatic rings. The van der Waals surface area contributed by atoms with Crippen LogP contribution in [0.25, 0.3) is 0 Å². The van der Waals surface area contributed by atoms with E-state index in [0.717, 1.165) is 12.0 Å². The number of amides is 3. The number of piperidine rings is 1. The number of ether oxygens (including phenoxy) is 1. The van der Waals surface area contributed by atoms with E-state index in [4.69, 9.17) is 4.74 Å². The molecule has 0 saturated carbocycles. The molecule has 2 fully saturated rings. The fourth-order valence-corrected chi connectivity index (χ4v) is 4.74. The van der Waals surface area contributed by atoms with Crippen LogP contribution in [0.2, 0.25) is 0 Å². The van der Waals surface area contributed by atoms with Gasteiger partial charge in [-0.15, -0.1) is 0 Å². The lowest BCUT2D eigenvalue weighted by molar-refractivity contribution is -0.128. The van der Waals surface area contributed by atoms with E-state index in [1.165, 1.54) is 29.2 Å². The normalized spacial score (nSPS) is 19.3. The van der Waals surface area contributed by atoms with Crippen LogP contribution in [0.15, 0.2) is 48.5 Å². The van der Waals surface area contributed by atoms with Crippen LogP contribution in [-0.2, 0) is 9.53 Å². The number of likely N-dealkylation sites (tertiary alicyclic amines) is 1. The number of nitrogens with zero attached hydrogens (tertiary/aromatic N) is 2. The predicted molar refractivity (Wildman–Crippen MR) is 125 cm³/mol. The summed E-state index contributed by atoms with van der Waals surface area (Å²) in [5.74, 6) is -1.33. The van der Waals surface area contributed by atoms with Crippen LogP contribution in [0.4, 0.5) is 4.39 Å². The van der Waals surface area contributed by atoms with E-state index in [0.29, 0.717) is 38.0 Å². The van der Waals surface area contributed by atoms with Gasteiger partial charge in [0.05, 0.1) is 6.61 Å². The Morgan fingerprint density at radius 2 is 1.82 bits per heavy atom. The summed E-state index contributed by atoms with van der Waals surface area (Å²) >= 11 is 0. The highest BCUT2D eigenvalue weighted by Crippen LogP contribution is 2.39. The third-order valence-electron chi connectivity index (χ3n) is 6.61. The number of carbonyl (C=O) groups excluding carboxylic acids is 3. The summed E-state index contributed by atoms with van der Waals surface area (Å²) in [6, 6.07) is 12.1. The van der Waals surface area contributed by atoms with Gasteiger partial charge in [-0.05, 0) is 43.2 Å². The molecule has 8 heteroatoms. The summed E-state index contributed by atoms with van der Waals surface area (Å²) in [7, 11) is 0. The van der Waals surface area contributed by atoms with Crippen molar-refractivity contribution in [1.82, 2.24) is 15.1 Å². The zero-order chi connectivity index (χ0) is 24.3. The number of hydrogen-bond acceptors (Lipinski definition) is 4. The first-order valence-electron chi connectivity index (χ1n) is 11.7. The zero-order valence-electron chi connectivity index (χ0n) is 19.6. The first kappa shape index (κ1) is 23.9. The maximum absolute atomic E-state index is 13.9. The third-order valence-corrected chi connectivity index (χ3v) is 6.61. The summed E-state index contributed by atoms with van der Waals surface area (Å²) in [5, 5.41) is 2.85. The summed E-state index contributed by atoms with van der Waals surface area (Å²) < 4.78 is 20.0. The molecule has 3 amide bonds. The molecule has 0 bridgehead atoms. The monoisotopic (exact) mass is 467 g/mol. The number of aryl methyl sites for hydroxylation is 1. The lowest BCUT2D eigenvalue weighted by atomic mass is 9.95. The standard InChI is InChI=1S/C26H30FN3O4/c1-3-13-28-23(31)22-17-34-26(30(22)24(32)19-8-6-9-20(27)16-19)11-14-29(15-12-26)25(33)21-10-5-4-7-18(21)2/h4-10,16,22H,3,11-15,17H2,1-2H3,(H,28,31). The molecule has 4 rings (SSSR count).